The lowest BCUT2D eigenvalue weighted by atomic mass is 9.94. The smallest absolute Gasteiger partial charge is 0.222 e. The maximum absolute atomic E-state index is 12.3. The third-order valence-electron chi connectivity index (χ3n) is 4.39. The maximum atomic E-state index is 12.3. The Labute approximate surface area is 141 Å². The molecule has 126 valence electrons. The van der Waals surface area contributed by atoms with Gasteiger partial charge in [0.1, 0.15) is 5.75 Å². The monoisotopic (exact) mass is 326 g/mol. The molecule has 2 aromatic carbocycles. The van der Waals surface area contributed by atoms with Crippen molar-refractivity contribution in [3.05, 3.63) is 65.2 Å². The summed E-state index contributed by atoms with van der Waals surface area (Å²) in [5.41, 5.74) is 3.25. The Morgan fingerprint density at radius 2 is 2.00 bits per heavy atom. The first-order chi connectivity index (χ1) is 11.7. The zero-order valence-corrected chi connectivity index (χ0v) is 13.4. The Morgan fingerprint density at radius 1 is 1.21 bits per heavy atom. The summed E-state index contributed by atoms with van der Waals surface area (Å²) in [6, 6.07) is 14.4. The van der Waals surface area contributed by atoms with Crippen molar-refractivity contribution in [1.82, 2.24) is 10.6 Å². The molecule has 3 rings (SSSR count). The van der Waals surface area contributed by atoms with Crippen LogP contribution in [0.1, 0.15) is 29.2 Å². The molecule has 1 heterocycles. The second-order valence-electron chi connectivity index (χ2n) is 6.15. The van der Waals surface area contributed by atoms with Crippen molar-refractivity contribution in [2.45, 2.75) is 31.5 Å². The molecule has 5 nitrogen and oxygen atoms in total. The molecule has 4 N–H and O–H groups in total. The summed E-state index contributed by atoms with van der Waals surface area (Å²) in [4.78, 5) is 12.3. The predicted octanol–water partition coefficient (Wildman–Crippen LogP) is 1.65. The van der Waals surface area contributed by atoms with E-state index in [0.717, 1.165) is 13.0 Å². The van der Waals surface area contributed by atoms with Crippen molar-refractivity contribution >= 4 is 5.91 Å². The van der Waals surface area contributed by atoms with Gasteiger partial charge in [-0.15, -0.1) is 0 Å². The van der Waals surface area contributed by atoms with Crippen LogP contribution < -0.4 is 10.6 Å². The molecule has 0 aromatic heterocycles. The van der Waals surface area contributed by atoms with Crippen molar-refractivity contribution in [2.24, 2.45) is 0 Å². The molecule has 2 aromatic rings. The highest BCUT2D eigenvalue weighted by Gasteiger charge is 2.22. The van der Waals surface area contributed by atoms with Gasteiger partial charge in [-0.05, 0) is 35.2 Å². The molecule has 5 heteroatoms. The van der Waals surface area contributed by atoms with Crippen LogP contribution in [-0.2, 0) is 17.8 Å². The van der Waals surface area contributed by atoms with Crippen LogP contribution in [0.5, 0.6) is 5.75 Å². The number of phenolic OH excluding ortho intramolecular Hbond substituents is 1. The summed E-state index contributed by atoms with van der Waals surface area (Å²) in [6.45, 7) is 0.556. The van der Waals surface area contributed by atoms with E-state index >= 15 is 0 Å². The predicted molar refractivity (Wildman–Crippen MR) is 91.5 cm³/mol. The molecule has 0 aliphatic carbocycles. The number of rotatable bonds is 5. The summed E-state index contributed by atoms with van der Waals surface area (Å²) in [7, 11) is 0. The van der Waals surface area contributed by atoms with Gasteiger partial charge in [-0.2, -0.15) is 0 Å². The molecule has 1 aliphatic rings. The largest absolute Gasteiger partial charge is 0.508 e. The van der Waals surface area contributed by atoms with Gasteiger partial charge in [-0.3, -0.25) is 4.79 Å². The number of hydrogen-bond acceptors (Lipinski definition) is 4. The number of benzene rings is 2. The van der Waals surface area contributed by atoms with E-state index in [-0.39, 0.29) is 24.3 Å². The fraction of sp³-hybridized carbons (Fsp3) is 0.316. The first-order valence-corrected chi connectivity index (χ1v) is 8.15. The zero-order valence-electron chi connectivity index (χ0n) is 13.4. The zero-order chi connectivity index (χ0) is 16.9. The van der Waals surface area contributed by atoms with Crippen LogP contribution in [0, 0.1) is 0 Å². The quantitative estimate of drug-likeness (QED) is 0.673. The van der Waals surface area contributed by atoms with E-state index in [1.165, 1.54) is 11.1 Å². The molecule has 1 unspecified atom stereocenters. The van der Waals surface area contributed by atoms with E-state index in [1.807, 2.05) is 12.1 Å². The number of fused-ring (bicyclic) bond motifs is 1. The van der Waals surface area contributed by atoms with Gasteiger partial charge in [-0.1, -0.05) is 36.4 Å². The van der Waals surface area contributed by atoms with Gasteiger partial charge in [0.15, 0.2) is 0 Å². The molecule has 0 spiro atoms. The van der Waals surface area contributed by atoms with E-state index < -0.39 is 6.04 Å². The molecule has 0 bridgehead atoms. The summed E-state index contributed by atoms with van der Waals surface area (Å²) in [6.07, 6.45) is 1.17. The highest BCUT2D eigenvalue weighted by atomic mass is 16.3. The normalized spacial score (nSPS) is 17.8. The Balaban J connectivity index is 1.59. The van der Waals surface area contributed by atoms with Crippen molar-refractivity contribution in [3.63, 3.8) is 0 Å². The standard InChI is InChI=1S/C19H22N2O3/c22-12-18(14-6-3-7-17(23)9-14)21-19(24)10-16-8-13-4-1-2-5-15(13)11-20-16/h1-7,9,16,18,20,22-23H,8,10-12H2,(H,21,24)/t16-,18?/m0/s1. The number of hydrogen-bond donors (Lipinski definition) is 4. The molecule has 0 saturated carbocycles. The molecular weight excluding hydrogens is 304 g/mol. The van der Waals surface area contributed by atoms with Crippen LogP contribution in [0.3, 0.4) is 0 Å². The number of aliphatic hydroxyl groups excluding tert-OH is 1. The lowest BCUT2D eigenvalue weighted by Crippen LogP contribution is -2.41. The summed E-state index contributed by atoms with van der Waals surface area (Å²) < 4.78 is 0. The number of aromatic hydroxyl groups is 1. The lowest BCUT2D eigenvalue weighted by Gasteiger charge is -2.26. The first-order valence-electron chi connectivity index (χ1n) is 8.15. The van der Waals surface area contributed by atoms with Crippen LogP contribution in [0.2, 0.25) is 0 Å². The van der Waals surface area contributed by atoms with E-state index in [0.29, 0.717) is 12.0 Å². The summed E-state index contributed by atoms with van der Waals surface area (Å²) >= 11 is 0. The minimum absolute atomic E-state index is 0.0865. The molecule has 24 heavy (non-hydrogen) atoms. The average Bonchev–Trinajstić information content (AvgIpc) is 2.59. The van der Waals surface area contributed by atoms with Crippen molar-refractivity contribution in [1.29, 1.82) is 0 Å². The highest BCUT2D eigenvalue weighted by Crippen LogP contribution is 2.20. The fourth-order valence-corrected chi connectivity index (χ4v) is 3.12. The van der Waals surface area contributed by atoms with Crippen LogP contribution >= 0.6 is 0 Å². The van der Waals surface area contributed by atoms with Crippen molar-refractivity contribution in [3.8, 4) is 5.75 Å². The number of carbonyl (C=O) groups excluding carboxylic acids is 1. The number of amides is 1. The first kappa shape index (κ1) is 16.5. The second-order valence-corrected chi connectivity index (χ2v) is 6.15. The summed E-state index contributed by atoms with van der Waals surface area (Å²) in [5, 5.41) is 25.3. The van der Waals surface area contributed by atoms with Gasteiger partial charge < -0.3 is 20.8 Å². The Bertz CT molecular complexity index is 717. The van der Waals surface area contributed by atoms with Gasteiger partial charge in [0.25, 0.3) is 0 Å². The number of aliphatic hydroxyl groups is 1. The van der Waals surface area contributed by atoms with Crippen LogP contribution in [0.25, 0.3) is 0 Å². The Hall–Kier alpha value is -2.37. The topological polar surface area (TPSA) is 81.6 Å². The van der Waals surface area contributed by atoms with Crippen molar-refractivity contribution < 1.29 is 15.0 Å². The molecule has 0 radical (unpaired) electrons. The van der Waals surface area contributed by atoms with Gasteiger partial charge in [-0.25, -0.2) is 0 Å². The Morgan fingerprint density at radius 3 is 2.75 bits per heavy atom. The third kappa shape index (κ3) is 3.93. The Kier molecular flexibility index (Phi) is 5.13. The van der Waals surface area contributed by atoms with E-state index in [4.69, 9.17) is 0 Å². The number of phenols is 1. The SMILES string of the molecule is O=C(C[C@@H]1Cc2ccccc2CN1)NC(CO)c1cccc(O)c1. The third-order valence-corrected chi connectivity index (χ3v) is 4.39. The highest BCUT2D eigenvalue weighted by molar-refractivity contribution is 5.77. The van der Waals surface area contributed by atoms with Gasteiger partial charge in [0, 0.05) is 19.0 Å². The second kappa shape index (κ2) is 7.47. The minimum Gasteiger partial charge on any atom is -0.508 e. The van der Waals surface area contributed by atoms with E-state index in [9.17, 15) is 15.0 Å². The van der Waals surface area contributed by atoms with E-state index in [1.54, 1.807) is 24.3 Å². The molecule has 2 atom stereocenters. The van der Waals surface area contributed by atoms with Crippen LogP contribution in [0.4, 0.5) is 0 Å². The van der Waals surface area contributed by atoms with Gasteiger partial charge in [0.2, 0.25) is 5.91 Å². The minimum atomic E-state index is -0.513. The number of nitrogens with one attached hydrogen (secondary N) is 2. The lowest BCUT2D eigenvalue weighted by molar-refractivity contribution is -0.122. The molecule has 1 aliphatic heterocycles. The number of carbonyl (C=O) groups is 1. The maximum Gasteiger partial charge on any atom is 0.222 e. The van der Waals surface area contributed by atoms with Gasteiger partial charge >= 0.3 is 0 Å². The average molecular weight is 326 g/mol. The van der Waals surface area contributed by atoms with Gasteiger partial charge in [0.05, 0.1) is 12.6 Å². The molecular formula is C19H22N2O3. The molecule has 0 saturated heterocycles. The molecule has 0 fully saturated rings. The van der Waals surface area contributed by atoms with Crippen LogP contribution in [0.15, 0.2) is 48.5 Å². The van der Waals surface area contributed by atoms with Crippen molar-refractivity contribution in [2.75, 3.05) is 6.61 Å². The van der Waals surface area contributed by atoms with E-state index in [2.05, 4.69) is 22.8 Å². The fourth-order valence-electron chi connectivity index (χ4n) is 3.12. The molecule has 1 amide bonds. The summed E-state index contributed by atoms with van der Waals surface area (Å²) in [5.74, 6) is 0.0000251. The van der Waals surface area contributed by atoms with Crippen LogP contribution in [-0.4, -0.2) is 28.8 Å².